The van der Waals surface area contributed by atoms with E-state index < -0.39 is 5.91 Å². The Labute approximate surface area is 78.1 Å². The monoisotopic (exact) mass is 199 g/mol. The first-order valence-electron chi connectivity index (χ1n) is 3.27. The zero-order valence-electron chi connectivity index (χ0n) is 5.84. The molecule has 0 bridgehead atoms. The zero-order valence-corrected chi connectivity index (χ0v) is 7.36. The molecule has 0 atom stereocenters. The molecule has 0 saturated heterocycles. The molecular formula is C8H3Cl2NO. The summed E-state index contributed by atoms with van der Waals surface area (Å²) in [5, 5.41) is 1.67. The highest BCUT2D eigenvalue weighted by atomic mass is 35.5. The van der Waals surface area contributed by atoms with Crippen LogP contribution in [-0.2, 0) is 4.79 Å². The van der Waals surface area contributed by atoms with Crippen LogP contribution in [0.15, 0.2) is 23.2 Å². The summed E-state index contributed by atoms with van der Waals surface area (Å²) in [7, 11) is 0. The normalized spacial score (nSPS) is 14.5. The van der Waals surface area contributed by atoms with Gasteiger partial charge in [0.1, 0.15) is 5.03 Å². The van der Waals surface area contributed by atoms with Gasteiger partial charge in [0, 0.05) is 5.22 Å². The number of benzene rings is 1. The smallest absolute Gasteiger partial charge is 0.266 e. The van der Waals surface area contributed by atoms with E-state index in [4.69, 9.17) is 23.2 Å². The third kappa shape index (κ3) is 0.958. The summed E-state index contributed by atoms with van der Waals surface area (Å²) >= 11 is 11.5. The Hall–Kier alpha value is -0.860. The fourth-order valence-electron chi connectivity index (χ4n) is 1.09. The number of hydrogen-bond donors (Lipinski definition) is 0. The number of halogens is 2. The van der Waals surface area contributed by atoms with Crippen LogP contribution in [0.2, 0.25) is 5.02 Å². The average Bonchev–Trinajstić information content (AvgIpc) is 2.29. The standard InChI is InChI=1S/C8H3Cl2NO/c9-4-2-1-3-5-6(4)7(10)8(12)11-5/h1-3H. The third-order valence-corrected chi connectivity index (χ3v) is 2.29. The minimum atomic E-state index is -0.417. The van der Waals surface area contributed by atoms with Gasteiger partial charge in [-0.15, -0.1) is 0 Å². The summed E-state index contributed by atoms with van der Waals surface area (Å²) in [4.78, 5) is 14.7. The van der Waals surface area contributed by atoms with Crippen LogP contribution >= 0.6 is 23.2 Å². The van der Waals surface area contributed by atoms with E-state index >= 15 is 0 Å². The molecule has 1 aromatic carbocycles. The molecule has 0 N–H and O–H groups in total. The van der Waals surface area contributed by atoms with Crippen molar-refractivity contribution >= 4 is 34.1 Å². The maximum Gasteiger partial charge on any atom is 0.289 e. The Morgan fingerprint density at radius 2 is 2.00 bits per heavy atom. The van der Waals surface area contributed by atoms with Crippen LogP contribution in [0.1, 0.15) is 0 Å². The van der Waals surface area contributed by atoms with Gasteiger partial charge in [0.25, 0.3) is 5.91 Å². The number of hydrogen-bond acceptors (Lipinski definition) is 1. The summed E-state index contributed by atoms with van der Waals surface area (Å²) in [6.45, 7) is 0. The Balaban J connectivity index is 3.04. The van der Waals surface area contributed by atoms with Gasteiger partial charge in [-0.05, 0) is 12.1 Å². The van der Waals surface area contributed by atoms with Crippen molar-refractivity contribution in [3.05, 3.63) is 33.8 Å². The molecule has 1 aromatic rings. The van der Waals surface area contributed by atoms with Gasteiger partial charge in [-0.3, -0.25) is 4.79 Å². The molecule has 2 rings (SSSR count). The largest absolute Gasteiger partial charge is 0.289 e. The Morgan fingerprint density at radius 1 is 1.25 bits per heavy atom. The molecule has 2 nitrogen and oxygen atoms in total. The van der Waals surface area contributed by atoms with E-state index in [1.807, 2.05) is 0 Å². The van der Waals surface area contributed by atoms with Crippen LogP contribution in [-0.4, -0.2) is 5.91 Å². The fourth-order valence-corrected chi connectivity index (χ4v) is 1.64. The van der Waals surface area contributed by atoms with Crippen LogP contribution in [0.4, 0.5) is 0 Å². The molecule has 0 unspecified atom stereocenters. The van der Waals surface area contributed by atoms with Crippen molar-refractivity contribution in [1.82, 2.24) is 0 Å². The third-order valence-electron chi connectivity index (χ3n) is 1.62. The van der Waals surface area contributed by atoms with E-state index in [0.29, 0.717) is 15.6 Å². The highest BCUT2D eigenvalue weighted by Gasteiger charge is 2.14. The van der Waals surface area contributed by atoms with Gasteiger partial charge in [-0.2, -0.15) is 0 Å². The second kappa shape index (κ2) is 2.57. The Kier molecular flexibility index (Phi) is 1.67. The molecular weight excluding hydrogens is 197 g/mol. The van der Waals surface area contributed by atoms with E-state index in [0.717, 1.165) is 0 Å². The number of nitrogens with zero attached hydrogens (tertiary/aromatic N) is 1. The Morgan fingerprint density at radius 3 is 2.67 bits per heavy atom. The molecule has 0 saturated carbocycles. The SMILES string of the molecule is O=C1N=c2cccc(Cl)c2=C1Cl. The molecule has 12 heavy (non-hydrogen) atoms. The van der Waals surface area contributed by atoms with Crippen LogP contribution in [0.25, 0.3) is 5.03 Å². The lowest BCUT2D eigenvalue weighted by Gasteiger charge is -1.87. The van der Waals surface area contributed by atoms with Gasteiger partial charge in [-0.25, -0.2) is 4.99 Å². The fraction of sp³-hybridized carbons (Fsp3) is 0. The second-order valence-corrected chi connectivity index (χ2v) is 3.15. The van der Waals surface area contributed by atoms with Crippen molar-refractivity contribution in [2.75, 3.05) is 0 Å². The van der Waals surface area contributed by atoms with Crippen molar-refractivity contribution in [3.63, 3.8) is 0 Å². The predicted molar refractivity (Wildman–Crippen MR) is 46.5 cm³/mol. The molecule has 0 radical (unpaired) electrons. The lowest BCUT2D eigenvalue weighted by molar-refractivity contribution is -0.112. The molecule has 1 amide bonds. The summed E-state index contributed by atoms with van der Waals surface area (Å²) in [5.41, 5.74) is 0. The van der Waals surface area contributed by atoms with Crippen molar-refractivity contribution in [2.45, 2.75) is 0 Å². The summed E-state index contributed by atoms with van der Waals surface area (Å²) in [6.07, 6.45) is 0. The van der Waals surface area contributed by atoms with Crippen molar-refractivity contribution in [3.8, 4) is 0 Å². The van der Waals surface area contributed by atoms with Crippen molar-refractivity contribution in [1.29, 1.82) is 0 Å². The maximum atomic E-state index is 11.0. The van der Waals surface area contributed by atoms with Gasteiger partial charge in [0.15, 0.2) is 0 Å². The molecule has 4 heteroatoms. The zero-order chi connectivity index (χ0) is 8.72. The number of fused-ring (bicyclic) bond motifs is 1. The molecule has 0 aromatic heterocycles. The van der Waals surface area contributed by atoms with Crippen LogP contribution in [0.3, 0.4) is 0 Å². The van der Waals surface area contributed by atoms with Crippen LogP contribution < -0.4 is 10.6 Å². The lowest BCUT2D eigenvalue weighted by Crippen LogP contribution is -2.22. The first-order valence-corrected chi connectivity index (χ1v) is 4.03. The summed E-state index contributed by atoms with van der Waals surface area (Å²) < 4.78 is 0. The van der Waals surface area contributed by atoms with Gasteiger partial charge >= 0.3 is 0 Å². The number of amides is 1. The topological polar surface area (TPSA) is 29.4 Å². The van der Waals surface area contributed by atoms with Gasteiger partial charge in [0.05, 0.1) is 10.4 Å². The molecule has 60 valence electrons. The molecule has 0 spiro atoms. The number of carbonyl (C=O) groups excluding carboxylic acids is 1. The van der Waals surface area contributed by atoms with E-state index in [2.05, 4.69) is 4.99 Å². The molecule has 1 heterocycles. The lowest BCUT2D eigenvalue weighted by atomic mass is 10.3. The van der Waals surface area contributed by atoms with E-state index in [-0.39, 0.29) is 5.03 Å². The molecule has 1 aliphatic rings. The van der Waals surface area contributed by atoms with E-state index in [9.17, 15) is 4.79 Å². The molecule has 0 aliphatic carbocycles. The number of rotatable bonds is 0. The average molecular weight is 200 g/mol. The summed E-state index contributed by atoms with van der Waals surface area (Å²) in [5.74, 6) is -0.417. The predicted octanol–water partition coefficient (Wildman–Crippen LogP) is 0.847. The van der Waals surface area contributed by atoms with Gasteiger partial charge in [0.2, 0.25) is 0 Å². The van der Waals surface area contributed by atoms with Crippen LogP contribution in [0.5, 0.6) is 0 Å². The molecule has 1 aliphatic heterocycles. The van der Waals surface area contributed by atoms with Gasteiger partial charge in [-0.1, -0.05) is 29.3 Å². The maximum absolute atomic E-state index is 11.0. The summed E-state index contributed by atoms with van der Waals surface area (Å²) in [6, 6.07) is 5.11. The Bertz CT molecular complexity index is 478. The highest BCUT2D eigenvalue weighted by Crippen LogP contribution is 2.09. The highest BCUT2D eigenvalue weighted by molar-refractivity contribution is 6.61. The minimum absolute atomic E-state index is 0.107. The molecule has 0 fully saturated rings. The second-order valence-electron chi connectivity index (χ2n) is 2.36. The van der Waals surface area contributed by atoms with Gasteiger partial charge < -0.3 is 0 Å². The van der Waals surface area contributed by atoms with E-state index in [1.54, 1.807) is 18.2 Å². The quantitative estimate of drug-likeness (QED) is 0.610. The van der Waals surface area contributed by atoms with Crippen molar-refractivity contribution < 1.29 is 4.79 Å². The minimum Gasteiger partial charge on any atom is -0.266 e. The van der Waals surface area contributed by atoms with Crippen LogP contribution in [0, 0.1) is 0 Å². The number of carbonyl (C=O) groups is 1. The first-order chi connectivity index (χ1) is 5.70. The van der Waals surface area contributed by atoms with Crippen molar-refractivity contribution in [2.24, 2.45) is 4.99 Å². The first kappa shape index (κ1) is 7.77. The van der Waals surface area contributed by atoms with E-state index in [1.165, 1.54) is 0 Å².